The number of hydrogen-bond donors (Lipinski definition) is 4. The molecule has 2 heterocycles. The number of esters is 2. The van der Waals surface area contributed by atoms with Gasteiger partial charge in [-0.1, -0.05) is 88.9 Å². The summed E-state index contributed by atoms with van der Waals surface area (Å²) in [5.41, 5.74) is 5.53. The van der Waals surface area contributed by atoms with Crippen LogP contribution in [0.5, 0.6) is 0 Å². The summed E-state index contributed by atoms with van der Waals surface area (Å²) >= 11 is 0. The highest BCUT2D eigenvalue weighted by Gasteiger charge is 2.82. The number of hydrogen-bond acceptors (Lipinski definition) is 8. The summed E-state index contributed by atoms with van der Waals surface area (Å²) in [6, 6.07) is 10.9. The highest BCUT2D eigenvalue weighted by atomic mass is 16.6. The molecule has 1 aromatic carbocycles. The van der Waals surface area contributed by atoms with E-state index in [1.54, 1.807) is 6.08 Å². The van der Waals surface area contributed by atoms with Gasteiger partial charge in [0.05, 0.1) is 11.7 Å². The minimum atomic E-state index is -1.34. The molecule has 5 fully saturated rings. The molecule has 5 aliphatic carbocycles. The summed E-state index contributed by atoms with van der Waals surface area (Å²) in [6.45, 7) is 8.64. The third-order valence-corrected chi connectivity index (χ3v) is 16.3. The molecular formula is C45H64N2O6. The summed E-state index contributed by atoms with van der Waals surface area (Å²) in [4.78, 5) is 25.5. The first-order valence-electron chi connectivity index (χ1n) is 21.0. The Kier molecular flexibility index (Phi) is 9.60. The van der Waals surface area contributed by atoms with Crippen molar-refractivity contribution in [1.82, 2.24) is 10.9 Å². The van der Waals surface area contributed by atoms with Crippen molar-refractivity contribution in [1.29, 1.82) is 0 Å². The van der Waals surface area contributed by atoms with Crippen LogP contribution in [0.3, 0.4) is 0 Å². The molecule has 0 radical (unpaired) electrons. The lowest BCUT2D eigenvalue weighted by atomic mass is 9.31. The van der Waals surface area contributed by atoms with Crippen molar-refractivity contribution >= 4 is 11.9 Å². The number of rotatable bonds is 11. The van der Waals surface area contributed by atoms with Crippen LogP contribution in [0.1, 0.15) is 130 Å². The number of nitrogens with one attached hydrogen (secondary N) is 2. The van der Waals surface area contributed by atoms with Gasteiger partial charge in [0, 0.05) is 42.2 Å². The van der Waals surface area contributed by atoms with Gasteiger partial charge in [0.2, 0.25) is 0 Å². The van der Waals surface area contributed by atoms with Crippen molar-refractivity contribution in [3.63, 3.8) is 0 Å². The Labute approximate surface area is 316 Å². The molecule has 0 aromatic heterocycles. The maximum absolute atomic E-state index is 14.0. The van der Waals surface area contributed by atoms with Gasteiger partial charge in [-0.05, 0) is 110 Å². The third-order valence-electron chi connectivity index (χ3n) is 16.3. The molecule has 2 bridgehead atoms. The number of allylic oxidation sites excluding steroid dienone is 1. The van der Waals surface area contributed by atoms with Crippen molar-refractivity contribution in [3.8, 4) is 0 Å². The van der Waals surface area contributed by atoms with Crippen molar-refractivity contribution in [2.24, 2.45) is 45.3 Å². The number of cyclic esters (lactones) is 1. The number of fused-ring (bicyclic) bond motifs is 3. The average Bonchev–Trinajstić information content (AvgIpc) is 3.85. The van der Waals surface area contributed by atoms with Crippen LogP contribution in [0, 0.1) is 45.3 Å². The molecular weight excluding hydrogens is 665 g/mol. The van der Waals surface area contributed by atoms with E-state index in [2.05, 4.69) is 74.1 Å². The van der Waals surface area contributed by atoms with E-state index < -0.39 is 28.3 Å². The van der Waals surface area contributed by atoms with Crippen LogP contribution in [-0.2, 0) is 25.5 Å². The van der Waals surface area contributed by atoms with Crippen LogP contribution >= 0.6 is 0 Å². The van der Waals surface area contributed by atoms with Crippen LogP contribution < -0.4 is 10.9 Å². The van der Waals surface area contributed by atoms with E-state index in [1.165, 1.54) is 38.2 Å². The predicted molar refractivity (Wildman–Crippen MR) is 204 cm³/mol. The van der Waals surface area contributed by atoms with E-state index in [4.69, 9.17) is 9.47 Å². The average molecular weight is 729 g/mol. The molecule has 7 aliphatic rings. The number of carbonyl (C=O) groups is 2. The molecule has 8 heteroatoms. The summed E-state index contributed by atoms with van der Waals surface area (Å²) in [7, 11) is 0. The zero-order valence-electron chi connectivity index (χ0n) is 32.6. The Morgan fingerprint density at radius 3 is 2.57 bits per heavy atom. The molecule has 53 heavy (non-hydrogen) atoms. The monoisotopic (exact) mass is 728 g/mol. The largest absolute Gasteiger partial charge is 0.458 e. The van der Waals surface area contributed by atoms with Gasteiger partial charge in [-0.25, -0.2) is 10.2 Å². The van der Waals surface area contributed by atoms with E-state index in [9.17, 15) is 19.8 Å². The molecule has 8 rings (SSSR count). The Balaban J connectivity index is 1.21. The van der Waals surface area contributed by atoms with Gasteiger partial charge in [0.25, 0.3) is 0 Å². The standard InChI is InChI=1S/C45H64N2O6/c1-30(11-10-14-32-12-6-5-7-13-32)15-16-34-18-22-40(3)29-43(53-31(2)48)39-41(4,35-26-42(20-8-9-21-42)27-36(35)46-47-43)23-19-37(49)45(34,39)44(40,51)24-17-33-25-38(50)52-28-33/h5-7,12-13,18,22,25,30,34-37,39,46-47,49,51H,8-11,14-17,19-21,23-24,26-29H2,1-4H3/t30-,34+,35-,36-,37+,39+,40-,41+,43+,44-,45+/m1/s1. The quantitative estimate of drug-likeness (QED) is 0.137. The SMILES string of the molecule is CC(=O)O[C@@]12C[C@@]3(C)C=C[C@H](CC[C@H](C)CCCc4ccccc4)[C@]4([C@H]1[C@@](C)(CC[C@@H]4O)[C@@H]1CC4(CCCC4)C[C@H]1NN2)[C@@]3(O)CCC1=CC(=O)OC1. The van der Waals surface area contributed by atoms with Gasteiger partial charge in [-0.3, -0.25) is 10.2 Å². The minimum absolute atomic E-state index is 0.136. The number of benzene rings is 1. The van der Waals surface area contributed by atoms with Crippen molar-refractivity contribution < 1.29 is 29.3 Å². The van der Waals surface area contributed by atoms with Crippen molar-refractivity contribution in [3.05, 3.63) is 59.7 Å². The molecule has 2 spiro atoms. The second kappa shape index (κ2) is 13.6. The molecule has 1 saturated heterocycles. The Morgan fingerprint density at radius 2 is 1.85 bits per heavy atom. The lowest BCUT2D eigenvalue weighted by molar-refractivity contribution is -0.357. The van der Waals surface area contributed by atoms with Gasteiger partial charge >= 0.3 is 11.9 Å². The number of ether oxygens (including phenoxy) is 2. The molecule has 4 saturated carbocycles. The van der Waals surface area contributed by atoms with E-state index in [0.717, 1.165) is 56.9 Å². The number of carbonyl (C=O) groups excluding carboxylic acids is 2. The predicted octanol–water partition coefficient (Wildman–Crippen LogP) is 7.49. The molecule has 0 amide bonds. The van der Waals surface area contributed by atoms with Crippen LogP contribution in [0.2, 0.25) is 0 Å². The topological polar surface area (TPSA) is 117 Å². The first-order valence-corrected chi connectivity index (χ1v) is 21.0. The number of aliphatic hydroxyl groups is 2. The number of aryl methyl sites for hydroxylation is 1. The van der Waals surface area contributed by atoms with Gasteiger partial charge in [0.15, 0.2) is 5.72 Å². The fourth-order valence-electron chi connectivity index (χ4n) is 14.2. The Hall–Kier alpha value is -2.52. The van der Waals surface area contributed by atoms with Crippen LogP contribution in [0.25, 0.3) is 0 Å². The normalized spacial score (nSPS) is 42.7. The summed E-state index contributed by atoms with van der Waals surface area (Å²) in [5, 5.41) is 27.0. The van der Waals surface area contributed by atoms with E-state index in [1.807, 2.05) is 0 Å². The lowest BCUT2D eigenvalue weighted by Crippen LogP contribution is -2.83. The molecule has 4 N–H and O–H groups in total. The van der Waals surface area contributed by atoms with Gasteiger partial charge in [-0.15, -0.1) is 0 Å². The van der Waals surface area contributed by atoms with E-state index >= 15 is 0 Å². The Morgan fingerprint density at radius 1 is 1.08 bits per heavy atom. The molecule has 11 atom stereocenters. The van der Waals surface area contributed by atoms with Crippen LogP contribution in [0.4, 0.5) is 0 Å². The molecule has 0 unspecified atom stereocenters. The first kappa shape index (κ1) is 37.4. The van der Waals surface area contributed by atoms with Gasteiger partial charge in [0.1, 0.15) is 6.61 Å². The molecule has 2 aliphatic heterocycles. The minimum Gasteiger partial charge on any atom is -0.458 e. The highest BCUT2D eigenvalue weighted by molar-refractivity contribution is 5.85. The maximum Gasteiger partial charge on any atom is 0.331 e. The zero-order valence-corrected chi connectivity index (χ0v) is 32.6. The first-order chi connectivity index (χ1) is 25.3. The van der Waals surface area contributed by atoms with E-state index in [0.29, 0.717) is 42.9 Å². The van der Waals surface area contributed by atoms with E-state index in [-0.39, 0.29) is 41.8 Å². The summed E-state index contributed by atoms with van der Waals surface area (Å²) in [5.74, 6) is -0.386. The van der Waals surface area contributed by atoms with Gasteiger partial charge < -0.3 is 19.7 Å². The van der Waals surface area contributed by atoms with Crippen LogP contribution in [-0.4, -0.2) is 52.2 Å². The highest BCUT2D eigenvalue weighted by Crippen LogP contribution is 2.77. The lowest BCUT2D eigenvalue weighted by Gasteiger charge is -2.76. The van der Waals surface area contributed by atoms with Crippen molar-refractivity contribution in [2.45, 2.75) is 154 Å². The molecule has 290 valence electrons. The molecule has 1 aromatic rings. The fraction of sp³-hybridized carbons (Fsp3) is 0.733. The van der Waals surface area contributed by atoms with Gasteiger partial charge in [-0.2, -0.15) is 0 Å². The third kappa shape index (κ3) is 5.90. The second-order valence-corrected chi connectivity index (χ2v) is 19.4. The fourth-order valence-corrected chi connectivity index (χ4v) is 14.2. The van der Waals surface area contributed by atoms with Crippen molar-refractivity contribution in [2.75, 3.05) is 6.61 Å². The number of aliphatic hydroxyl groups excluding tert-OH is 1. The smallest absolute Gasteiger partial charge is 0.331 e. The summed E-state index contributed by atoms with van der Waals surface area (Å²) < 4.78 is 12.0. The zero-order chi connectivity index (χ0) is 37.3. The second-order valence-electron chi connectivity index (χ2n) is 19.4. The maximum atomic E-state index is 14.0. The summed E-state index contributed by atoms with van der Waals surface area (Å²) in [6.07, 6.45) is 20.4. The number of hydrazine groups is 1. The molecule has 8 nitrogen and oxygen atoms in total. The Bertz CT molecular complexity index is 1620. The van der Waals surface area contributed by atoms with Crippen LogP contribution in [0.15, 0.2) is 54.1 Å².